The van der Waals surface area contributed by atoms with E-state index in [0.717, 1.165) is 0 Å². The van der Waals surface area contributed by atoms with Gasteiger partial charge >= 0.3 is 5.97 Å². The van der Waals surface area contributed by atoms with Crippen LogP contribution in [0.4, 0.5) is 0 Å². The number of rotatable bonds is 3. The molecule has 11 heavy (non-hydrogen) atoms. The highest BCUT2D eigenvalue weighted by Crippen LogP contribution is 2.07. The molecule has 0 heterocycles. The summed E-state index contributed by atoms with van der Waals surface area (Å²) in [5.74, 6) is -1.47. The number of hydrogen-bond donors (Lipinski definition) is 1. The van der Waals surface area contributed by atoms with E-state index in [9.17, 15) is 4.79 Å². The van der Waals surface area contributed by atoms with Crippen molar-refractivity contribution in [3.8, 4) is 6.07 Å². The first-order valence-electron chi connectivity index (χ1n) is 3.07. The molecule has 0 aromatic rings. The van der Waals surface area contributed by atoms with Crippen LogP contribution in [0.25, 0.3) is 0 Å². The molecule has 0 aliphatic heterocycles. The Hall–Kier alpha value is -1.50. The van der Waals surface area contributed by atoms with Gasteiger partial charge in [0.25, 0.3) is 0 Å². The van der Waals surface area contributed by atoms with E-state index in [-0.39, 0.29) is 11.3 Å². The lowest BCUT2D eigenvalue weighted by atomic mass is 10.2. The number of carboxylic acids is 1. The third-order valence-electron chi connectivity index (χ3n) is 1.16. The maximum absolute atomic E-state index is 10.4. The van der Waals surface area contributed by atoms with Gasteiger partial charge in [0.1, 0.15) is 0 Å². The quantitative estimate of drug-likeness (QED) is 0.373. The van der Waals surface area contributed by atoms with E-state index in [1.54, 1.807) is 13.0 Å². The predicted molar refractivity (Wildman–Crippen MR) is 37.6 cm³/mol. The Balaban J connectivity index is 4.82. The Morgan fingerprint density at radius 1 is 1.73 bits per heavy atom. The molecule has 0 spiro atoms. The minimum Gasteiger partial charge on any atom is -0.489 e. The first-order chi connectivity index (χ1) is 5.17. The van der Waals surface area contributed by atoms with Crippen molar-refractivity contribution in [2.75, 3.05) is 7.11 Å². The first-order valence-corrected chi connectivity index (χ1v) is 3.07. The van der Waals surface area contributed by atoms with Crippen LogP contribution in [0, 0.1) is 11.3 Å². The number of methoxy groups -OCH3 is 1. The molecule has 0 amide bonds. The zero-order chi connectivity index (χ0) is 8.85. The van der Waals surface area contributed by atoms with Crippen molar-refractivity contribution in [3.63, 3.8) is 0 Å². The Morgan fingerprint density at radius 3 is 2.36 bits per heavy atom. The van der Waals surface area contributed by atoms with E-state index in [2.05, 4.69) is 4.74 Å². The van der Waals surface area contributed by atoms with Gasteiger partial charge in [0.05, 0.1) is 18.8 Å². The summed E-state index contributed by atoms with van der Waals surface area (Å²) in [7, 11) is 1.23. The lowest BCUT2D eigenvalue weighted by Crippen LogP contribution is -2.05. The Morgan fingerprint density at radius 2 is 2.27 bits per heavy atom. The average Bonchev–Trinajstić information content (AvgIpc) is 1.99. The van der Waals surface area contributed by atoms with Gasteiger partial charge in [-0.3, -0.25) is 0 Å². The van der Waals surface area contributed by atoms with E-state index in [4.69, 9.17) is 10.4 Å². The topological polar surface area (TPSA) is 70.3 Å². The summed E-state index contributed by atoms with van der Waals surface area (Å²) in [6, 6.07) is 1.76. The zero-order valence-corrected chi connectivity index (χ0v) is 6.42. The number of nitrogens with zero attached hydrogens (tertiary/aromatic N) is 1. The van der Waals surface area contributed by atoms with Crippen LogP contribution in [0.5, 0.6) is 0 Å². The highest BCUT2D eigenvalue weighted by atomic mass is 16.5. The molecule has 0 bridgehead atoms. The normalized spacial score (nSPS) is 11.4. The minimum atomic E-state index is -1.20. The van der Waals surface area contributed by atoms with E-state index in [0.29, 0.717) is 6.42 Å². The number of allylic oxidation sites excluding steroid dienone is 1. The van der Waals surface area contributed by atoms with Crippen LogP contribution in [0.3, 0.4) is 0 Å². The average molecular weight is 155 g/mol. The van der Waals surface area contributed by atoms with Gasteiger partial charge in [0.2, 0.25) is 5.76 Å². The second-order valence-corrected chi connectivity index (χ2v) is 1.78. The van der Waals surface area contributed by atoms with Crippen molar-refractivity contribution in [1.29, 1.82) is 5.26 Å². The van der Waals surface area contributed by atoms with Crippen molar-refractivity contribution in [3.05, 3.63) is 11.3 Å². The molecule has 0 rings (SSSR count). The molecule has 60 valence electrons. The monoisotopic (exact) mass is 155 g/mol. The smallest absolute Gasteiger partial charge is 0.372 e. The summed E-state index contributed by atoms with van der Waals surface area (Å²) >= 11 is 0. The van der Waals surface area contributed by atoms with Gasteiger partial charge in [-0.05, 0) is 6.42 Å². The van der Waals surface area contributed by atoms with Gasteiger partial charge < -0.3 is 9.84 Å². The number of aliphatic carboxylic acids is 1. The van der Waals surface area contributed by atoms with Crippen molar-refractivity contribution in [2.45, 2.75) is 13.3 Å². The van der Waals surface area contributed by atoms with Crippen LogP contribution in [0.2, 0.25) is 0 Å². The minimum absolute atomic E-state index is 0.153. The number of ether oxygens (including phenoxy) is 1. The van der Waals surface area contributed by atoms with Gasteiger partial charge in [0, 0.05) is 0 Å². The van der Waals surface area contributed by atoms with E-state index in [1.165, 1.54) is 7.11 Å². The fourth-order valence-corrected chi connectivity index (χ4v) is 0.630. The molecule has 0 aliphatic rings. The summed E-state index contributed by atoms with van der Waals surface area (Å²) in [5, 5.41) is 16.9. The second kappa shape index (κ2) is 4.34. The molecule has 0 aromatic carbocycles. The van der Waals surface area contributed by atoms with Crippen LogP contribution in [0.15, 0.2) is 11.3 Å². The van der Waals surface area contributed by atoms with E-state index < -0.39 is 5.97 Å². The maximum Gasteiger partial charge on any atom is 0.372 e. The molecule has 4 nitrogen and oxygen atoms in total. The Bertz CT molecular complexity index is 224. The summed E-state index contributed by atoms with van der Waals surface area (Å²) in [4.78, 5) is 10.4. The van der Waals surface area contributed by atoms with Gasteiger partial charge in [-0.1, -0.05) is 6.92 Å². The molecule has 0 atom stereocenters. The van der Waals surface area contributed by atoms with Crippen LogP contribution < -0.4 is 0 Å². The Labute approximate surface area is 64.7 Å². The fraction of sp³-hybridized carbons (Fsp3) is 0.429. The van der Waals surface area contributed by atoms with Crippen molar-refractivity contribution < 1.29 is 14.6 Å². The first kappa shape index (κ1) is 9.50. The van der Waals surface area contributed by atoms with Crippen LogP contribution in [0.1, 0.15) is 13.3 Å². The summed E-state index contributed by atoms with van der Waals surface area (Å²) in [6.45, 7) is 1.69. The number of carbonyl (C=O) groups is 1. The van der Waals surface area contributed by atoms with E-state index in [1.807, 2.05) is 0 Å². The van der Waals surface area contributed by atoms with Crippen molar-refractivity contribution >= 4 is 5.97 Å². The highest BCUT2D eigenvalue weighted by Gasteiger charge is 2.12. The molecule has 0 saturated heterocycles. The molecule has 0 radical (unpaired) electrons. The SMILES string of the molecule is CC/C(C#N)=C(/OC)C(=O)O. The molecule has 0 unspecified atom stereocenters. The van der Waals surface area contributed by atoms with Crippen LogP contribution in [-0.2, 0) is 9.53 Å². The lowest BCUT2D eigenvalue weighted by Gasteiger charge is -2.00. The standard InChI is InChI=1S/C7H9NO3/c1-3-5(4-8)6(11-2)7(9)10/h3H2,1-2H3,(H,9,10)/b6-5-. The third-order valence-corrected chi connectivity index (χ3v) is 1.16. The number of hydrogen-bond acceptors (Lipinski definition) is 3. The second-order valence-electron chi connectivity index (χ2n) is 1.78. The molecular formula is C7H9NO3. The van der Waals surface area contributed by atoms with Gasteiger partial charge in [-0.25, -0.2) is 4.79 Å². The number of carboxylic acid groups (broad SMARTS) is 1. The largest absolute Gasteiger partial charge is 0.489 e. The van der Waals surface area contributed by atoms with Crippen molar-refractivity contribution in [2.24, 2.45) is 0 Å². The van der Waals surface area contributed by atoms with Gasteiger partial charge in [0.15, 0.2) is 0 Å². The van der Waals surface area contributed by atoms with Gasteiger partial charge in [-0.2, -0.15) is 5.26 Å². The summed E-state index contributed by atoms with van der Waals surface area (Å²) < 4.78 is 4.51. The molecular weight excluding hydrogens is 146 g/mol. The van der Waals surface area contributed by atoms with Crippen molar-refractivity contribution in [1.82, 2.24) is 0 Å². The maximum atomic E-state index is 10.4. The summed E-state index contributed by atoms with van der Waals surface area (Å²) in [5.41, 5.74) is 0.153. The molecule has 4 heteroatoms. The Kier molecular flexibility index (Phi) is 3.75. The van der Waals surface area contributed by atoms with Crippen LogP contribution in [-0.4, -0.2) is 18.2 Å². The molecule has 0 aromatic heterocycles. The fourth-order valence-electron chi connectivity index (χ4n) is 0.630. The van der Waals surface area contributed by atoms with Gasteiger partial charge in [-0.15, -0.1) is 0 Å². The molecule has 0 fully saturated rings. The van der Waals surface area contributed by atoms with E-state index >= 15 is 0 Å². The molecule has 0 saturated carbocycles. The third kappa shape index (κ3) is 2.30. The predicted octanol–water partition coefficient (Wildman–Crippen LogP) is 0.905. The summed E-state index contributed by atoms with van der Waals surface area (Å²) in [6.07, 6.45) is 0.367. The number of nitriles is 1. The zero-order valence-electron chi connectivity index (χ0n) is 6.42. The molecule has 0 aliphatic carbocycles. The molecule has 1 N–H and O–H groups in total. The lowest BCUT2D eigenvalue weighted by molar-refractivity contribution is -0.136. The van der Waals surface area contributed by atoms with Crippen LogP contribution >= 0.6 is 0 Å². The highest BCUT2D eigenvalue weighted by molar-refractivity contribution is 5.86.